The summed E-state index contributed by atoms with van der Waals surface area (Å²) in [6.45, 7) is 0.375. The predicted octanol–water partition coefficient (Wildman–Crippen LogP) is 1.51. The SMILES string of the molecule is O=C(O)N1C[C@H](c2ccccc2)C[C@H]1CO. The third-order valence-corrected chi connectivity index (χ3v) is 3.14. The van der Waals surface area contributed by atoms with Crippen molar-refractivity contribution in [3.05, 3.63) is 35.9 Å². The van der Waals surface area contributed by atoms with Gasteiger partial charge in [0.15, 0.2) is 0 Å². The Labute approximate surface area is 94.1 Å². The number of carboxylic acid groups (broad SMARTS) is 1. The zero-order valence-corrected chi connectivity index (χ0v) is 8.91. The highest BCUT2D eigenvalue weighted by Gasteiger charge is 2.35. The van der Waals surface area contributed by atoms with Crippen molar-refractivity contribution in [2.45, 2.75) is 18.4 Å². The summed E-state index contributed by atoms with van der Waals surface area (Å²) in [6.07, 6.45) is -0.246. The van der Waals surface area contributed by atoms with Gasteiger partial charge in [-0.1, -0.05) is 30.3 Å². The minimum absolute atomic E-state index is 0.102. The van der Waals surface area contributed by atoms with Crippen molar-refractivity contribution in [3.8, 4) is 0 Å². The molecule has 4 nitrogen and oxygen atoms in total. The number of amides is 1. The van der Waals surface area contributed by atoms with Crippen LogP contribution in [0.2, 0.25) is 0 Å². The van der Waals surface area contributed by atoms with Gasteiger partial charge in [0.2, 0.25) is 0 Å². The number of aliphatic hydroxyl groups is 1. The number of nitrogens with zero attached hydrogens (tertiary/aromatic N) is 1. The molecule has 2 atom stereocenters. The van der Waals surface area contributed by atoms with Crippen LogP contribution in [0.1, 0.15) is 17.9 Å². The number of hydrogen-bond acceptors (Lipinski definition) is 2. The third kappa shape index (κ3) is 2.02. The molecule has 2 rings (SSSR count). The minimum Gasteiger partial charge on any atom is -0.465 e. The number of aliphatic hydroxyl groups excluding tert-OH is 1. The van der Waals surface area contributed by atoms with Crippen LogP contribution in [0, 0.1) is 0 Å². The van der Waals surface area contributed by atoms with Gasteiger partial charge in [0, 0.05) is 12.5 Å². The van der Waals surface area contributed by atoms with Crippen LogP contribution in [0.5, 0.6) is 0 Å². The van der Waals surface area contributed by atoms with E-state index in [9.17, 15) is 4.79 Å². The summed E-state index contributed by atoms with van der Waals surface area (Å²) in [4.78, 5) is 12.3. The van der Waals surface area contributed by atoms with Crippen molar-refractivity contribution in [2.24, 2.45) is 0 Å². The predicted molar refractivity (Wildman–Crippen MR) is 59.4 cm³/mol. The summed E-state index contributed by atoms with van der Waals surface area (Å²) in [5, 5.41) is 18.1. The van der Waals surface area contributed by atoms with E-state index in [0.717, 1.165) is 5.56 Å². The summed E-state index contributed by atoms with van der Waals surface area (Å²) in [5.41, 5.74) is 1.14. The third-order valence-electron chi connectivity index (χ3n) is 3.14. The molecule has 4 heteroatoms. The van der Waals surface area contributed by atoms with E-state index in [1.165, 1.54) is 4.90 Å². The zero-order valence-electron chi connectivity index (χ0n) is 8.91. The van der Waals surface area contributed by atoms with Crippen LogP contribution < -0.4 is 0 Å². The Bertz CT molecular complexity index is 366. The van der Waals surface area contributed by atoms with Crippen molar-refractivity contribution >= 4 is 6.09 Å². The normalized spacial score (nSPS) is 24.7. The molecule has 16 heavy (non-hydrogen) atoms. The van der Waals surface area contributed by atoms with E-state index in [-0.39, 0.29) is 18.6 Å². The molecule has 1 fully saturated rings. The molecule has 86 valence electrons. The fraction of sp³-hybridized carbons (Fsp3) is 0.417. The molecule has 1 aliphatic heterocycles. The first kappa shape index (κ1) is 11.0. The Hall–Kier alpha value is -1.55. The Morgan fingerprint density at radius 1 is 1.38 bits per heavy atom. The number of carbonyl (C=O) groups is 1. The van der Waals surface area contributed by atoms with Gasteiger partial charge in [0.25, 0.3) is 0 Å². The summed E-state index contributed by atoms with van der Waals surface area (Å²) in [5.74, 6) is 0.203. The highest BCUT2D eigenvalue weighted by molar-refractivity contribution is 5.66. The smallest absolute Gasteiger partial charge is 0.407 e. The van der Waals surface area contributed by atoms with Gasteiger partial charge in [-0.05, 0) is 12.0 Å². The molecule has 0 bridgehead atoms. The molecule has 0 aliphatic carbocycles. The van der Waals surface area contributed by atoms with Crippen LogP contribution in [0.4, 0.5) is 4.79 Å². The minimum atomic E-state index is -0.947. The van der Waals surface area contributed by atoms with Crippen molar-refractivity contribution in [2.75, 3.05) is 13.2 Å². The van der Waals surface area contributed by atoms with E-state index in [2.05, 4.69) is 0 Å². The van der Waals surface area contributed by atoms with Crippen LogP contribution in [0.25, 0.3) is 0 Å². The summed E-state index contributed by atoms with van der Waals surface area (Å²) in [6, 6.07) is 9.59. The molecule has 1 aromatic rings. The molecule has 1 saturated heterocycles. The summed E-state index contributed by atoms with van der Waals surface area (Å²) in [7, 11) is 0. The highest BCUT2D eigenvalue weighted by Crippen LogP contribution is 2.31. The molecule has 0 saturated carbocycles. The largest absolute Gasteiger partial charge is 0.465 e. The van der Waals surface area contributed by atoms with Gasteiger partial charge in [-0.3, -0.25) is 0 Å². The molecule has 1 aromatic carbocycles. The molecular formula is C12H15NO3. The number of benzene rings is 1. The van der Waals surface area contributed by atoms with E-state index in [1.54, 1.807) is 0 Å². The van der Waals surface area contributed by atoms with Crippen molar-refractivity contribution in [1.82, 2.24) is 4.90 Å². The molecular weight excluding hydrogens is 206 g/mol. The standard InChI is InChI=1S/C12H15NO3/c14-8-11-6-10(7-13(11)12(15)16)9-4-2-1-3-5-9/h1-5,10-11,14H,6-8H2,(H,15,16)/t10-,11+/m1/s1. The van der Waals surface area contributed by atoms with Crippen molar-refractivity contribution in [1.29, 1.82) is 0 Å². The maximum absolute atomic E-state index is 11.0. The van der Waals surface area contributed by atoms with Crippen LogP contribution in [0.3, 0.4) is 0 Å². The van der Waals surface area contributed by atoms with E-state index in [0.29, 0.717) is 13.0 Å². The van der Waals surface area contributed by atoms with Crippen LogP contribution >= 0.6 is 0 Å². The second-order valence-electron chi connectivity index (χ2n) is 4.11. The Morgan fingerprint density at radius 3 is 2.56 bits per heavy atom. The lowest BCUT2D eigenvalue weighted by Crippen LogP contribution is -2.36. The number of rotatable bonds is 2. The maximum Gasteiger partial charge on any atom is 0.407 e. The fourth-order valence-corrected chi connectivity index (χ4v) is 2.29. The topological polar surface area (TPSA) is 60.8 Å². The maximum atomic E-state index is 11.0. The van der Waals surface area contributed by atoms with Gasteiger partial charge in [-0.25, -0.2) is 4.79 Å². The van der Waals surface area contributed by atoms with Crippen LogP contribution in [0.15, 0.2) is 30.3 Å². The molecule has 0 radical (unpaired) electrons. The quantitative estimate of drug-likeness (QED) is 0.795. The second kappa shape index (κ2) is 4.53. The lowest BCUT2D eigenvalue weighted by Gasteiger charge is -2.18. The first-order valence-corrected chi connectivity index (χ1v) is 5.37. The molecule has 1 amide bonds. The summed E-state index contributed by atoms with van der Waals surface area (Å²) < 4.78 is 0. The van der Waals surface area contributed by atoms with E-state index in [1.807, 2.05) is 30.3 Å². The van der Waals surface area contributed by atoms with Gasteiger partial charge >= 0.3 is 6.09 Å². The lowest BCUT2D eigenvalue weighted by molar-refractivity contribution is 0.118. The molecule has 1 aliphatic rings. The van der Waals surface area contributed by atoms with Gasteiger partial charge in [0.05, 0.1) is 12.6 Å². The Balaban J connectivity index is 2.14. The van der Waals surface area contributed by atoms with E-state index < -0.39 is 6.09 Å². The van der Waals surface area contributed by atoms with Crippen molar-refractivity contribution < 1.29 is 15.0 Å². The molecule has 0 spiro atoms. The molecule has 0 unspecified atom stereocenters. The Morgan fingerprint density at radius 2 is 2.06 bits per heavy atom. The van der Waals surface area contributed by atoms with Gasteiger partial charge in [0.1, 0.15) is 0 Å². The number of likely N-dealkylation sites (tertiary alicyclic amines) is 1. The molecule has 0 aromatic heterocycles. The average Bonchev–Trinajstić information content (AvgIpc) is 2.74. The molecule has 2 N–H and O–H groups in total. The van der Waals surface area contributed by atoms with Gasteiger partial charge in [-0.15, -0.1) is 0 Å². The van der Waals surface area contributed by atoms with E-state index in [4.69, 9.17) is 10.2 Å². The Kier molecular flexibility index (Phi) is 3.10. The van der Waals surface area contributed by atoms with E-state index >= 15 is 0 Å². The second-order valence-corrected chi connectivity index (χ2v) is 4.11. The summed E-state index contributed by atoms with van der Waals surface area (Å²) >= 11 is 0. The fourth-order valence-electron chi connectivity index (χ4n) is 2.29. The average molecular weight is 221 g/mol. The molecule has 1 heterocycles. The number of hydrogen-bond donors (Lipinski definition) is 2. The highest BCUT2D eigenvalue weighted by atomic mass is 16.4. The van der Waals surface area contributed by atoms with Gasteiger partial charge in [-0.2, -0.15) is 0 Å². The van der Waals surface area contributed by atoms with Crippen LogP contribution in [-0.2, 0) is 0 Å². The van der Waals surface area contributed by atoms with Crippen LogP contribution in [-0.4, -0.2) is 40.4 Å². The van der Waals surface area contributed by atoms with Crippen molar-refractivity contribution in [3.63, 3.8) is 0 Å². The lowest BCUT2D eigenvalue weighted by atomic mass is 9.97. The first-order valence-electron chi connectivity index (χ1n) is 5.37. The zero-order chi connectivity index (χ0) is 11.5. The first-order chi connectivity index (χ1) is 7.72. The monoisotopic (exact) mass is 221 g/mol. The van der Waals surface area contributed by atoms with Gasteiger partial charge < -0.3 is 15.1 Å².